The van der Waals surface area contributed by atoms with Gasteiger partial charge >= 0.3 is 0 Å². The maximum absolute atomic E-state index is 11.4. The number of carbonyl (C=O) groups is 1. The van der Waals surface area contributed by atoms with Crippen LogP contribution in [-0.4, -0.2) is 11.0 Å². The highest BCUT2D eigenvalue weighted by atomic mass is 35.5. The molecule has 0 bridgehead atoms. The fourth-order valence-corrected chi connectivity index (χ4v) is 1.92. The molecule has 0 aliphatic carbocycles. The normalized spacial score (nSPS) is 17.5. The second-order valence-electron chi connectivity index (χ2n) is 3.13. The van der Waals surface area contributed by atoms with Crippen molar-refractivity contribution in [2.45, 2.75) is 0 Å². The van der Waals surface area contributed by atoms with E-state index in [-0.39, 0.29) is 5.91 Å². The zero-order valence-electron chi connectivity index (χ0n) is 7.88. The van der Waals surface area contributed by atoms with Crippen LogP contribution in [0.15, 0.2) is 23.9 Å². The SMILES string of the molecule is O=C1NC(=S)N/C1=C\c1ccc(Cl)cc1Cl. The van der Waals surface area contributed by atoms with Gasteiger partial charge in [0.15, 0.2) is 5.11 Å². The van der Waals surface area contributed by atoms with Crippen LogP contribution >= 0.6 is 35.4 Å². The summed E-state index contributed by atoms with van der Waals surface area (Å²) in [5.74, 6) is -0.268. The highest BCUT2D eigenvalue weighted by Gasteiger charge is 2.20. The molecule has 0 saturated carbocycles. The summed E-state index contributed by atoms with van der Waals surface area (Å²) in [7, 11) is 0. The van der Waals surface area contributed by atoms with Crippen LogP contribution in [-0.2, 0) is 4.79 Å². The van der Waals surface area contributed by atoms with E-state index in [9.17, 15) is 4.79 Å². The molecular weight excluding hydrogens is 267 g/mol. The first-order valence-corrected chi connectivity index (χ1v) is 5.52. The molecule has 0 spiro atoms. The van der Waals surface area contributed by atoms with Gasteiger partial charge in [0.25, 0.3) is 5.91 Å². The average molecular weight is 273 g/mol. The van der Waals surface area contributed by atoms with Crippen molar-refractivity contribution in [2.24, 2.45) is 0 Å². The Kier molecular flexibility index (Phi) is 3.14. The molecule has 1 aliphatic rings. The zero-order chi connectivity index (χ0) is 11.7. The highest BCUT2D eigenvalue weighted by Crippen LogP contribution is 2.23. The first kappa shape index (κ1) is 11.4. The number of hydrogen-bond acceptors (Lipinski definition) is 2. The smallest absolute Gasteiger partial charge is 0.273 e. The molecule has 2 rings (SSSR count). The standard InChI is InChI=1S/C10H6Cl2N2OS/c11-6-2-1-5(7(12)4-6)3-8-9(15)14-10(16)13-8/h1-4H,(H2,13,14,15,16)/b8-3-. The van der Waals surface area contributed by atoms with Crippen LogP contribution in [0, 0.1) is 0 Å². The van der Waals surface area contributed by atoms with Crippen LogP contribution in [0.2, 0.25) is 10.0 Å². The Morgan fingerprint density at radius 3 is 2.56 bits per heavy atom. The summed E-state index contributed by atoms with van der Waals surface area (Å²) in [4.78, 5) is 11.4. The summed E-state index contributed by atoms with van der Waals surface area (Å²) in [5, 5.41) is 6.52. The van der Waals surface area contributed by atoms with Gasteiger partial charge in [0, 0.05) is 10.0 Å². The minimum absolute atomic E-state index is 0.268. The fraction of sp³-hybridized carbons (Fsp3) is 0. The third-order valence-corrected chi connectivity index (χ3v) is 2.75. The Labute approximate surface area is 107 Å². The lowest BCUT2D eigenvalue weighted by atomic mass is 10.2. The van der Waals surface area contributed by atoms with Crippen LogP contribution in [0.25, 0.3) is 6.08 Å². The lowest BCUT2D eigenvalue weighted by Gasteiger charge is -2.00. The van der Waals surface area contributed by atoms with Crippen molar-refractivity contribution >= 4 is 52.5 Å². The molecule has 16 heavy (non-hydrogen) atoms. The van der Waals surface area contributed by atoms with E-state index < -0.39 is 0 Å². The van der Waals surface area contributed by atoms with Crippen molar-refractivity contribution in [3.05, 3.63) is 39.5 Å². The summed E-state index contributed by atoms with van der Waals surface area (Å²) in [6.45, 7) is 0. The summed E-state index contributed by atoms with van der Waals surface area (Å²) in [5.41, 5.74) is 1.07. The molecule has 0 aromatic heterocycles. The zero-order valence-corrected chi connectivity index (χ0v) is 10.2. The van der Waals surface area contributed by atoms with Crippen LogP contribution in [0.5, 0.6) is 0 Å². The number of amides is 1. The number of benzene rings is 1. The molecule has 6 heteroatoms. The molecule has 0 unspecified atom stereocenters. The van der Waals surface area contributed by atoms with Gasteiger partial charge in [0.1, 0.15) is 5.70 Å². The van der Waals surface area contributed by atoms with Gasteiger partial charge in [-0.1, -0.05) is 29.3 Å². The predicted molar refractivity (Wildman–Crippen MR) is 68.3 cm³/mol. The van der Waals surface area contributed by atoms with Gasteiger partial charge in [0.05, 0.1) is 0 Å². The predicted octanol–water partition coefficient (Wildman–Crippen LogP) is 2.34. The van der Waals surface area contributed by atoms with Crippen LogP contribution in [0.1, 0.15) is 5.56 Å². The van der Waals surface area contributed by atoms with Gasteiger partial charge in [-0.25, -0.2) is 0 Å². The third kappa shape index (κ3) is 2.35. The Morgan fingerprint density at radius 2 is 2.00 bits per heavy atom. The second-order valence-corrected chi connectivity index (χ2v) is 4.38. The molecule has 1 aliphatic heterocycles. The molecule has 0 radical (unpaired) electrons. The van der Waals surface area contributed by atoms with Crippen LogP contribution in [0.3, 0.4) is 0 Å². The van der Waals surface area contributed by atoms with Crippen molar-refractivity contribution in [1.29, 1.82) is 0 Å². The van der Waals surface area contributed by atoms with Gasteiger partial charge in [-0.05, 0) is 36.0 Å². The molecule has 3 nitrogen and oxygen atoms in total. The lowest BCUT2D eigenvalue weighted by Crippen LogP contribution is -2.21. The van der Waals surface area contributed by atoms with E-state index in [1.54, 1.807) is 24.3 Å². The molecule has 1 aromatic carbocycles. The molecule has 1 aromatic rings. The Morgan fingerprint density at radius 1 is 1.25 bits per heavy atom. The summed E-state index contributed by atoms with van der Waals surface area (Å²) >= 11 is 16.5. The minimum atomic E-state index is -0.268. The fourth-order valence-electron chi connectivity index (χ4n) is 1.26. The Balaban J connectivity index is 2.36. The van der Waals surface area contributed by atoms with E-state index in [0.717, 1.165) is 0 Å². The van der Waals surface area contributed by atoms with E-state index in [0.29, 0.717) is 26.4 Å². The number of rotatable bonds is 1. The molecule has 1 fully saturated rings. The van der Waals surface area contributed by atoms with Gasteiger partial charge in [-0.2, -0.15) is 0 Å². The molecule has 2 N–H and O–H groups in total. The third-order valence-electron chi connectivity index (χ3n) is 1.98. The van der Waals surface area contributed by atoms with Crippen LogP contribution < -0.4 is 10.6 Å². The molecule has 0 atom stereocenters. The number of thiocarbonyl (C=S) groups is 1. The van der Waals surface area contributed by atoms with E-state index in [1.807, 2.05) is 0 Å². The van der Waals surface area contributed by atoms with Crippen molar-refractivity contribution in [2.75, 3.05) is 0 Å². The van der Waals surface area contributed by atoms with Gasteiger partial charge < -0.3 is 5.32 Å². The van der Waals surface area contributed by atoms with E-state index in [2.05, 4.69) is 10.6 Å². The molecule has 82 valence electrons. The minimum Gasteiger partial charge on any atom is -0.328 e. The maximum atomic E-state index is 11.4. The Hall–Kier alpha value is -1.10. The average Bonchev–Trinajstić information content (AvgIpc) is 2.50. The molecular formula is C10H6Cl2N2OS. The van der Waals surface area contributed by atoms with Crippen molar-refractivity contribution in [3.8, 4) is 0 Å². The van der Waals surface area contributed by atoms with E-state index in [4.69, 9.17) is 35.4 Å². The number of halogens is 2. The quantitative estimate of drug-likeness (QED) is 0.609. The maximum Gasteiger partial charge on any atom is 0.273 e. The largest absolute Gasteiger partial charge is 0.328 e. The number of carbonyl (C=O) groups excluding carboxylic acids is 1. The first-order valence-electron chi connectivity index (χ1n) is 4.35. The summed E-state index contributed by atoms with van der Waals surface area (Å²) < 4.78 is 0. The number of nitrogens with one attached hydrogen (secondary N) is 2. The molecule has 1 amide bonds. The highest BCUT2D eigenvalue weighted by molar-refractivity contribution is 7.80. The van der Waals surface area contributed by atoms with Gasteiger partial charge in [-0.3, -0.25) is 10.1 Å². The topological polar surface area (TPSA) is 41.1 Å². The van der Waals surface area contributed by atoms with Crippen molar-refractivity contribution in [1.82, 2.24) is 10.6 Å². The molecule has 1 saturated heterocycles. The summed E-state index contributed by atoms with van der Waals surface area (Å²) in [6.07, 6.45) is 1.62. The number of hydrogen-bond donors (Lipinski definition) is 2. The van der Waals surface area contributed by atoms with Crippen molar-refractivity contribution in [3.63, 3.8) is 0 Å². The van der Waals surface area contributed by atoms with Gasteiger partial charge in [-0.15, -0.1) is 0 Å². The Bertz CT molecular complexity index is 514. The monoisotopic (exact) mass is 272 g/mol. The molecule has 1 heterocycles. The second kappa shape index (κ2) is 4.41. The van der Waals surface area contributed by atoms with Crippen molar-refractivity contribution < 1.29 is 4.79 Å². The lowest BCUT2D eigenvalue weighted by molar-refractivity contribution is -0.115. The summed E-state index contributed by atoms with van der Waals surface area (Å²) in [6, 6.07) is 5.04. The van der Waals surface area contributed by atoms with E-state index in [1.165, 1.54) is 0 Å². The first-order chi connectivity index (χ1) is 7.56. The van der Waals surface area contributed by atoms with E-state index >= 15 is 0 Å². The van der Waals surface area contributed by atoms with Crippen LogP contribution in [0.4, 0.5) is 0 Å². The van der Waals surface area contributed by atoms with Gasteiger partial charge in [0.2, 0.25) is 0 Å².